The second-order valence-corrected chi connectivity index (χ2v) is 2.91. The summed E-state index contributed by atoms with van der Waals surface area (Å²) in [5, 5.41) is 13.7. The summed E-state index contributed by atoms with van der Waals surface area (Å²) < 4.78 is 0. The van der Waals surface area contributed by atoms with E-state index in [1.165, 1.54) is 7.05 Å². The molecule has 1 heterocycles. The van der Waals surface area contributed by atoms with Crippen molar-refractivity contribution in [1.29, 1.82) is 0 Å². The minimum Gasteiger partial charge on any atom is -0.321 e. The molecule has 1 fully saturated rings. The lowest BCUT2D eigenvalue weighted by atomic mass is 10.2. The zero-order valence-corrected chi connectivity index (χ0v) is 8.08. The molecule has 2 N–H and O–H groups in total. The standard InChI is InChI=1S/C6H9N5O4/c1-9-4(8-7)3(11(14)15)5(12)10(2)6(9)13/h3H,7H2,1-2H3. The number of amidine groups is 1. The third kappa shape index (κ3) is 1.47. The Labute approximate surface area is 84.3 Å². The number of hydrogen-bond donors (Lipinski definition) is 1. The lowest BCUT2D eigenvalue weighted by Gasteiger charge is -2.30. The Morgan fingerprint density at radius 2 is 1.93 bits per heavy atom. The molecule has 1 saturated heterocycles. The quantitative estimate of drug-likeness (QED) is 0.321. The monoisotopic (exact) mass is 215 g/mol. The molecule has 0 aromatic carbocycles. The fourth-order valence-corrected chi connectivity index (χ4v) is 1.24. The van der Waals surface area contributed by atoms with E-state index in [-0.39, 0.29) is 5.84 Å². The molecule has 0 saturated carbocycles. The van der Waals surface area contributed by atoms with Gasteiger partial charge in [0.2, 0.25) is 5.84 Å². The minimum atomic E-state index is -1.72. The molecule has 1 unspecified atom stereocenters. The highest BCUT2D eigenvalue weighted by atomic mass is 16.6. The molecule has 1 rings (SSSR count). The Morgan fingerprint density at radius 3 is 2.33 bits per heavy atom. The van der Waals surface area contributed by atoms with E-state index in [1.54, 1.807) is 0 Å². The molecule has 9 heteroatoms. The van der Waals surface area contributed by atoms with Crippen molar-refractivity contribution in [3.63, 3.8) is 0 Å². The van der Waals surface area contributed by atoms with Crippen LogP contribution < -0.4 is 5.84 Å². The summed E-state index contributed by atoms with van der Waals surface area (Å²) in [4.78, 5) is 34.0. The van der Waals surface area contributed by atoms with Crippen LogP contribution in [0.2, 0.25) is 0 Å². The van der Waals surface area contributed by atoms with Gasteiger partial charge >= 0.3 is 18.0 Å². The molecule has 0 spiro atoms. The van der Waals surface area contributed by atoms with Crippen LogP contribution in [0.1, 0.15) is 0 Å². The first-order valence-electron chi connectivity index (χ1n) is 3.88. The second-order valence-electron chi connectivity index (χ2n) is 2.91. The molecule has 0 radical (unpaired) electrons. The molecule has 0 aromatic rings. The minimum absolute atomic E-state index is 0.367. The summed E-state index contributed by atoms with van der Waals surface area (Å²) in [5.74, 6) is 3.59. The number of urea groups is 1. The van der Waals surface area contributed by atoms with E-state index in [4.69, 9.17) is 5.84 Å². The van der Waals surface area contributed by atoms with Crippen molar-refractivity contribution >= 4 is 17.8 Å². The van der Waals surface area contributed by atoms with Gasteiger partial charge in [-0.2, -0.15) is 5.10 Å². The molecule has 15 heavy (non-hydrogen) atoms. The van der Waals surface area contributed by atoms with Crippen molar-refractivity contribution in [2.24, 2.45) is 10.9 Å². The third-order valence-corrected chi connectivity index (χ3v) is 2.07. The van der Waals surface area contributed by atoms with Gasteiger partial charge in [0.25, 0.3) is 0 Å². The predicted octanol–water partition coefficient (Wildman–Crippen LogP) is -1.57. The first kappa shape index (κ1) is 10.9. The van der Waals surface area contributed by atoms with Crippen molar-refractivity contribution in [3.05, 3.63) is 10.1 Å². The molecule has 82 valence electrons. The molecule has 9 nitrogen and oxygen atoms in total. The molecule has 3 amide bonds. The highest BCUT2D eigenvalue weighted by molar-refractivity contribution is 6.19. The van der Waals surface area contributed by atoms with Gasteiger partial charge in [0, 0.05) is 19.0 Å². The number of rotatable bonds is 1. The van der Waals surface area contributed by atoms with Gasteiger partial charge in [-0.15, -0.1) is 0 Å². The van der Waals surface area contributed by atoms with Gasteiger partial charge in [0.15, 0.2) is 0 Å². The van der Waals surface area contributed by atoms with Crippen molar-refractivity contribution in [2.45, 2.75) is 6.04 Å². The number of carbonyl (C=O) groups is 2. The molecular weight excluding hydrogens is 206 g/mol. The van der Waals surface area contributed by atoms with Gasteiger partial charge in [0.05, 0.1) is 0 Å². The maximum atomic E-state index is 11.4. The van der Waals surface area contributed by atoms with E-state index in [2.05, 4.69) is 5.10 Å². The molecule has 1 aliphatic heterocycles. The van der Waals surface area contributed by atoms with Crippen LogP contribution >= 0.6 is 0 Å². The van der Waals surface area contributed by atoms with Gasteiger partial charge < -0.3 is 5.84 Å². The van der Waals surface area contributed by atoms with Crippen molar-refractivity contribution in [2.75, 3.05) is 14.1 Å². The summed E-state index contributed by atoms with van der Waals surface area (Å²) in [6.07, 6.45) is 0. The largest absolute Gasteiger partial charge is 0.348 e. The van der Waals surface area contributed by atoms with E-state index in [1.807, 2.05) is 0 Å². The highest BCUT2D eigenvalue weighted by Crippen LogP contribution is 2.12. The van der Waals surface area contributed by atoms with Crippen LogP contribution in [-0.4, -0.2) is 52.6 Å². The Balaban J connectivity index is 3.21. The Kier molecular flexibility index (Phi) is 2.55. The second kappa shape index (κ2) is 3.52. The van der Waals surface area contributed by atoms with Crippen LogP contribution in [0.15, 0.2) is 5.10 Å². The number of imide groups is 1. The third-order valence-electron chi connectivity index (χ3n) is 2.07. The topological polar surface area (TPSA) is 122 Å². The smallest absolute Gasteiger partial charge is 0.321 e. The number of hydrogen-bond acceptors (Lipinski definition) is 6. The van der Waals surface area contributed by atoms with Crippen LogP contribution in [0.25, 0.3) is 0 Å². The van der Waals surface area contributed by atoms with E-state index < -0.39 is 22.9 Å². The van der Waals surface area contributed by atoms with Gasteiger partial charge in [-0.1, -0.05) is 0 Å². The van der Waals surface area contributed by atoms with Crippen molar-refractivity contribution < 1.29 is 14.5 Å². The lowest BCUT2D eigenvalue weighted by molar-refractivity contribution is -0.491. The number of carbonyl (C=O) groups excluding carboxylic acids is 2. The number of hydrazone groups is 1. The summed E-state index contributed by atoms with van der Waals surface area (Å²) >= 11 is 0. The van der Waals surface area contributed by atoms with Gasteiger partial charge in [-0.25, -0.2) is 4.79 Å². The normalized spacial score (nSPS) is 24.9. The summed E-state index contributed by atoms with van der Waals surface area (Å²) in [7, 11) is 2.42. The summed E-state index contributed by atoms with van der Waals surface area (Å²) in [6, 6.07) is -2.43. The zero-order valence-electron chi connectivity index (χ0n) is 8.08. The highest BCUT2D eigenvalue weighted by Gasteiger charge is 2.48. The molecule has 0 aromatic heterocycles. The van der Waals surface area contributed by atoms with Crippen LogP contribution in [-0.2, 0) is 4.79 Å². The van der Waals surface area contributed by atoms with Crippen LogP contribution in [0.4, 0.5) is 4.79 Å². The van der Waals surface area contributed by atoms with E-state index >= 15 is 0 Å². The summed E-state index contributed by atoms with van der Waals surface area (Å²) in [5.41, 5.74) is 0. The number of nitrogens with two attached hydrogens (primary N) is 1. The average molecular weight is 215 g/mol. The number of amides is 3. The van der Waals surface area contributed by atoms with Gasteiger partial charge in [0.1, 0.15) is 0 Å². The fraction of sp³-hybridized carbons (Fsp3) is 0.500. The lowest BCUT2D eigenvalue weighted by Crippen LogP contribution is -2.62. The Hall–Kier alpha value is -2.19. The van der Waals surface area contributed by atoms with Crippen LogP contribution in [0, 0.1) is 10.1 Å². The maximum absolute atomic E-state index is 11.4. The Morgan fingerprint density at radius 1 is 1.40 bits per heavy atom. The van der Waals surface area contributed by atoms with Gasteiger partial charge in [-0.05, 0) is 0 Å². The first-order chi connectivity index (χ1) is 6.91. The zero-order chi connectivity index (χ0) is 11.7. The predicted molar refractivity (Wildman–Crippen MR) is 48.3 cm³/mol. The van der Waals surface area contributed by atoms with Crippen molar-refractivity contribution in [1.82, 2.24) is 9.80 Å². The first-order valence-corrected chi connectivity index (χ1v) is 3.88. The van der Waals surface area contributed by atoms with E-state index in [0.717, 1.165) is 11.9 Å². The summed E-state index contributed by atoms with van der Waals surface area (Å²) in [6.45, 7) is 0. The maximum Gasteiger partial charge on any atom is 0.348 e. The number of likely N-dealkylation sites (N-methyl/N-ethyl adjacent to an activating group) is 2. The average Bonchev–Trinajstić information content (AvgIpc) is 2.19. The number of nitro groups is 1. The van der Waals surface area contributed by atoms with Crippen LogP contribution in [0.5, 0.6) is 0 Å². The number of nitrogens with zero attached hydrogens (tertiary/aromatic N) is 4. The fourth-order valence-electron chi connectivity index (χ4n) is 1.24. The molecular formula is C6H9N5O4. The van der Waals surface area contributed by atoms with E-state index in [9.17, 15) is 19.7 Å². The SMILES string of the molecule is CN1C(=O)C([N+](=O)[O-])C(=NN)N(C)C1=O. The van der Waals surface area contributed by atoms with Gasteiger partial charge in [-0.3, -0.25) is 24.7 Å². The molecule has 0 bridgehead atoms. The molecule has 1 aliphatic rings. The molecule has 1 atom stereocenters. The van der Waals surface area contributed by atoms with Crippen molar-refractivity contribution in [3.8, 4) is 0 Å². The van der Waals surface area contributed by atoms with E-state index in [0.29, 0.717) is 4.90 Å². The molecule has 0 aliphatic carbocycles. The Bertz CT molecular complexity index is 365. The van der Waals surface area contributed by atoms with Crippen LogP contribution in [0.3, 0.4) is 0 Å².